The molecular formula is C31H38BN3O4S. The van der Waals surface area contributed by atoms with E-state index in [1.165, 1.54) is 0 Å². The van der Waals surface area contributed by atoms with E-state index in [9.17, 15) is 4.79 Å². The number of amides is 1. The fourth-order valence-electron chi connectivity index (χ4n) is 5.43. The molecule has 2 aromatic carbocycles. The normalized spacial score (nSPS) is 25.0. The number of nitrogens with one attached hydrogen (secondary N) is 1. The quantitative estimate of drug-likeness (QED) is 0.297. The molecule has 1 aromatic heterocycles. The Kier molecular flexibility index (Phi) is 6.44. The van der Waals surface area contributed by atoms with Crippen LogP contribution in [0.2, 0.25) is 0 Å². The van der Waals surface area contributed by atoms with Crippen molar-refractivity contribution in [1.82, 2.24) is 14.9 Å². The van der Waals surface area contributed by atoms with Crippen LogP contribution in [0.4, 0.5) is 4.79 Å². The van der Waals surface area contributed by atoms with Crippen molar-refractivity contribution in [3.05, 3.63) is 60.6 Å². The molecule has 3 aliphatic rings. The average Bonchev–Trinajstić information content (AvgIpc) is 3.35. The van der Waals surface area contributed by atoms with Gasteiger partial charge < -0.3 is 19.0 Å². The van der Waals surface area contributed by atoms with Gasteiger partial charge in [-0.2, -0.15) is 0 Å². The van der Waals surface area contributed by atoms with Crippen molar-refractivity contribution in [3.8, 4) is 22.4 Å². The van der Waals surface area contributed by atoms with E-state index < -0.39 is 5.60 Å². The number of fused-ring (bicyclic) bond motifs is 1. The molecule has 9 heteroatoms. The van der Waals surface area contributed by atoms with E-state index in [-0.39, 0.29) is 34.5 Å². The van der Waals surface area contributed by atoms with Gasteiger partial charge in [-0.05, 0) is 83.5 Å². The number of carbonyl (C=O) groups excluding carboxylic acids is 1. The molecule has 2 atom stereocenters. The zero-order chi connectivity index (χ0) is 28.5. The number of piperidine rings is 1. The molecule has 0 spiro atoms. The van der Waals surface area contributed by atoms with Crippen molar-refractivity contribution in [2.45, 2.75) is 88.2 Å². The van der Waals surface area contributed by atoms with Gasteiger partial charge in [-0.25, -0.2) is 9.78 Å². The second-order valence-corrected chi connectivity index (χ2v) is 14.5. The van der Waals surface area contributed by atoms with Crippen LogP contribution in [0.25, 0.3) is 22.4 Å². The fourth-order valence-corrected chi connectivity index (χ4v) is 6.91. The lowest BCUT2D eigenvalue weighted by Gasteiger charge is -2.32. The number of nitrogens with zero attached hydrogens (tertiary/aromatic N) is 2. The zero-order valence-corrected chi connectivity index (χ0v) is 25.2. The number of hydrogen-bond donors (Lipinski definition) is 1. The summed E-state index contributed by atoms with van der Waals surface area (Å²) in [7, 11) is -0.361. The van der Waals surface area contributed by atoms with Crippen LogP contribution < -0.4 is 5.46 Å². The third kappa shape index (κ3) is 4.86. The summed E-state index contributed by atoms with van der Waals surface area (Å²) >= 11 is 1.79. The molecule has 3 aromatic rings. The predicted octanol–water partition coefficient (Wildman–Crippen LogP) is 6.34. The molecule has 1 amide bonds. The maximum absolute atomic E-state index is 12.8. The second kappa shape index (κ2) is 9.40. The Morgan fingerprint density at radius 1 is 1.00 bits per heavy atom. The van der Waals surface area contributed by atoms with Crippen molar-refractivity contribution >= 4 is 30.4 Å². The monoisotopic (exact) mass is 559 g/mol. The number of hydrogen-bond acceptors (Lipinski definition) is 6. The number of aromatic amines is 1. The van der Waals surface area contributed by atoms with Crippen molar-refractivity contribution in [1.29, 1.82) is 0 Å². The molecule has 1 N–H and O–H groups in total. The molecule has 0 radical (unpaired) electrons. The molecule has 40 heavy (non-hydrogen) atoms. The van der Waals surface area contributed by atoms with Gasteiger partial charge in [-0.15, -0.1) is 11.8 Å². The molecule has 0 aliphatic carbocycles. The highest BCUT2D eigenvalue weighted by Gasteiger charge is 2.64. The minimum Gasteiger partial charge on any atom is -0.444 e. The number of likely N-dealkylation sites (tertiary alicyclic amines) is 1. The number of benzene rings is 2. The Bertz CT molecular complexity index is 1400. The van der Waals surface area contributed by atoms with Gasteiger partial charge in [-0.1, -0.05) is 48.5 Å². The van der Waals surface area contributed by atoms with Crippen molar-refractivity contribution in [2.24, 2.45) is 0 Å². The summed E-state index contributed by atoms with van der Waals surface area (Å²) in [6, 6.07) is 16.9. The van der Waals surface area contributed by atoms with Crippen LogP contribution in [0, 0.1) is 0 Å². The molecule has 0 bridgehead atoms. The molecule has 3 fully saturated rings. The summed E-state index contributed by atoms with van der Waals surface area (Å²) in [5, 5.41) is 0.0672. The second-order valence-electron chi connectivity index (χ2n) is 13.1. The SMILES string of the molecule is CC(C)(C)OC(=O)N1CCC[C@]2(c3ncc(-c4ccc(-c5ccc(B6OC(C)(C)C(C)(C)O6)cc5)cc4)[nH]3)SC12. The first kappa shape index (κ1) is 27.4. The first-order valence-electron chi connectivity index (χ1n) is 14.1. The minimum absolute atomic E-state index is 0.0672. The summed E-state index contributed by atoms with van der Waals surface area (Å²) in [5.41, 5.74) is 4.14. The molecule has 0 saturated carbocycles. The summed E-state index contributed by atoms with van der Waals surface area (Å²) in [5.74, 6) is 0.938. The third-order valence-electron chi connectivity index (χ3n) is 8.46. The third-order valence-corrected chi connectivity index (χ3v) is 10.1. The molecule has 1 unspecified atom stereocenters. The van der Waals surface area contributed by atoms with E-state index in [4.69, 9.17) is 19.0 Å². The number of ether oxygens (including phenoxy) is 1. The number of carbonyl (C=O) groups is 1. The van der Waals surface area contributed by atoms with Gasteiger partial charge in [0.15, 0.2) is 0 Å². The van der Waals surface area contributed by atoms with Gasteiger partial charge in [0, 0.05) is 6.54 Å². The molecule has 3 aliphatic heterocycles. The highest BCUT2D eigenvalue weighted by Crippen LogP contribution is 2.66. The van der Waals surface area contributed by atoms with Gasteiger partial charge in [-0.3, -0.25) is 4.90 Å². The summed E-state index contributed by atoms with van der Waals surface area (Å²) < 4.78 is 17.9. The van der Waals surface area contributed by atoms with Crippen LogP contribution in [0.1, 0.15) is 67.1 Å². The fraction of sp³-hybridized carbons (Fsp3) is 0.484. The van der Waals surface area contributed by atoms with E-state index in [0.717, 1.165) is 53.1 Å². The molecule has 4 heterocycles. The zero-order valence-electron chi connectivity index (χ0n) is 24.4. The van der Waals surface area contributed by atoms with E-state index in [2.05, 4.69) is 81.2 Å². The molecule has 3 saturated heterocycles. The number of thioether (sulfide) groups is 1. The number of H-pyrrole nitrogens is 1. The Labute approximate surface area is 241 Å². The summed E-state index contributed by atoms with van der Waals surface area (Å²) in [6.45, 7) is 14.7. The van der Waals surface area contributed by atoms with Crippen LogP contribution in [0.3, 0.4) is 0 Å². The highest BCUT2D eigenvalue weighted by atomic mass is 32.2. The first-order chi connectivity index (χ1) is 18.8. The summed E-state index contributed by atoms with van der Waals surface area (Å²) in [6.07, 6.45) is 3.59. The average molecular weight is 560 g/mol. The van der Waals surface area contributed by atoms with E-state index in [1.807, 2.05) is 31.9 Å². The lowest BCUT2D eigenvalue weighted by molar-refractivity contribution is 0.00578. The van der Waals surface area contributed by atoms with Gasteiger partial charge in [0.2, 0.25) is 0 Å². The molecular weight excluding hydrogens is 521 g/mol. The molecule has 7 nitrogen and oxygen atoms in total. The smallest absolute Gasteiger partial charge is 0.444 e. The van der Waals surface area contributed by atoms with Gasteiger partial charge in [0.05, 0.1) is 23.1 Å². The van der Waals surface area contributed by atoms with E-state index in [1.54, 1.807) is 11.8 Å². The van der Waals surface area contributed by atoms with Crippen LogP contribution >= 0.6 is 11.8 Å². The van der Waals surface area contributed by atoms with Crippen LogP contribution in [-0.2, 0) is 18.8 Å². The first-order valence-corrected chi connectivity index (χ1v) is 15.0. The van der Waals surface area contributed by atoms with Crippen molar-refractivity contribution in [2.75, 3.05) is 6.54 Å². The van der Waals surface area contributed by atoms with Crippen LogP contribution in [-0.4, -0.2) is 56.8 Å². The standard InChI is InChI=1S/C31H38BN3O4S/c1-28(2,3)37-27(36)35-18-8-17-31(26(35)40-31)25-33-19-24(34-25)22-11-9-20(10-12-22)21-13-15-23(16-14-21)32-38-29(4,5)30(6,7)39-32/h9-16,19,26H,8,17-18H2,1-7H3,(H,33,34)/t26?,31-/m1/s1. The Morgan fingerprint density at radius 3 is 2.17 bits per heavy atom. The van der Waals surface area contributed by atoms with Crippen molar-refractivity contribution < 1.29 is 18.8 Å². The van der Waals surface area contributed by atoms with Gasteiger partial charge >= 0.3 is 13.2 Å². The van der Waals surface area contributed by atoms with Gasteiger partial charge in [0.1, 0.15) is 21.5 Å². The van der Waals surface area contributed by atoms with Crippen LogP contribution in [0.15, 0.2) is 54.7 Å². The minimum atomic E-state index is -0.504. The maximum atomic E-state index is 12.8. The lowest BCUT2D eigenvalue weighted by atomic mass is 9.78. The highest BCUT2D eigenvalue weighted by molar-refractivity contribution is 8.08. The van der Waals surface area contributed by atoms with E-state index in [0.29, 0.717) is 0 Å². The Balaban J connectivity index is 1.14. The Hall–Kier alpha value is -2.75. The predicted molar refractivity (Wildman–Crippen MR) is 160 cm³/mol. The number of imidazole rings is 1. The maximum Gasteiger partial charge on any atom is 0.494 e. The number of rotatable bonds is 4. The molecule has 6 rings (SSSR count). The van der Waals surface area contributed by atoms with E-state index >= 15 is 0 Å². The number of aromatic nitrogens is 2. The summed E-state index contributed by atoms with van der Waals surface area (Å²) in [4.78, 5) is 23.0. The Morgan fingerprint density at radius 2 is 1.57 bits per heavy atom. The molecule has 210 valence electrons. The largest absolute Gasteiger partial charge is 0.494 e. The lowest BCUT2D eigenvalue weighted by Crippen LogP contribution is -2.44. The van der Waals surface area contributed by atoms with Crippen molar-refractivity contribution in [3.63, 3.8) is 0 Å². The van der Waals surface area contributed by atoms with Gasteiger partial charge in [0.25, 0.3) is 0 Å². The topological polar surface area (TPSA) is 76.7 Å². The van der Waals surface area contributed by atoms with Crippen LogP contribution in [0.5, 0.6) is 0 Å².